The predicted octanol–water partition coefficient (Wildman–Crippen LogP) is 2.74. The van der Waals surface area contributed by atoms with Crippen molar-refractivity contribution in [2.45, 2.75) is 44.7 Å². The molecule has 1 aliphatic carbocycles. The highest BCUT2D eigenvalue weighted by atomic mass is 16.4. The van der Waals surface area contributed by atoms with E-state index in [1.807, 2.05) is 6.92 Å². The zero-order chi connectivity index (χ0) is 20.7. The Bertz CT molecular complexity index is 973. The molecule has 9 nitrogen and oxygen atoms in total. The summed E-state index contributed by atoms with van der Waals surface area (Å²) in [6.07, 6.45) is 5.90. The second-order valence-corrected chi connectivity index (χ2v) is 7.48. The van der Waals surface area contributed by atoms with Crippen molar-refractivity contribution < 1.29 is 19.8 Å². The summed E-state index contributed by atoms with van der Waals surface area (Å²) in [4.78, 5) is 36.3. The number of hydrogen-bond donors (Lipinski definition) is 3. The van der Waals surface area contributed by atoms with Gasteiger partial charge >= 0.3 is 5.97 Å². The zero-order valence-electron chi connectivity index (χ0n) is 16.3. The first kappa shape index (κ1) is 19.0. The lowest BCUT2D eigenvalue weighted by atomic mass is 10.1. The summed E-state index contributed by atoms with van der Waals surface area (Å²) in [5.74, 6) is -0.369. The van der Waals surface area contributed by atoms with Gasteiger partial charge in [0.25, 0.3) is 0 Å². The third-order valence-electron chi connectivity index (χ3n) is 5.67. The van der Waals surface area contributed by atoms with Gasteiger partial charge in [-0.25, -0.2) is 9.78 Å². The summed E-state index contributed by atoms with van der Waals surface area (Å²) in [5, 5.41) is 22.1. The van der Waals surface area contributed by atoms with Gasteiger partial charge in [0.1, 0.15) is 17.5 Å². The van der Waals surface area contributed by atoms with E-state index in [-0.39, 0.29) is 35.3 Å². The number of nitrogens with zero attached hydrogens (tertiary/aromatic N) is 4. The molecule has 0 unspecified atom stereocenters. The first-order valence-corrected chi connectivity index (χ1v) is 9.63. The highest BCUT2D eigenvalue weighted by molar-refractivity contribution is 6.04. The number of phenols is 1. The van der Waals surface area contributed by atoms with Crippen LogP contribution in [0.15, 0.2) is 24.4 Å². The standard InChI is InChI=1S/C20H23N5O4/c1-11-18(27)24(2)15-10-21-20(23-17(15)25(11)13-5-3-4-6-13)22-14-8-7-12(19(28)29)9-16(14)26/h7-11,13,26H,3-6H2,1-2H3,(H,28,29)(H,21,22,23)/t11-/m1/s1. The van der Waals surface area contributed by atoms with Gasteiger partial charge in [0, 0.05) is 13.1 Å². The van der Waals surface area contributed by atoms with Gasteiger partial charge in [0.2, 0.25) is 11.9 Å². The maximum atomic E-state index is 12.7. The van der Waals surface area contributed by atoms with Gasteiger partial charge in [-0.1, -0.05) is 12.8 Å². The third kappa shape index (κ3) is 3.32. The number of carbonyl (C=O) groups is 2. The van der Waals surface area contributed by atoms with E-state index in [1.54, 1.807) is 18.1 Å². The number of carboxylic acids is 1. The molecule has 4 rings (SSSR count). The highest BCUT2D eigenvalue weighted by Gasteiger charge is 2.39. The van der Waals surface area contributed by atoms with Crippen LogP contribution in [0.25, 0.3) is 0 Å². The zero-order valence-corrected chi connectivity index (χ0v) is 16.3. The molecule has 1 aliphatic heterocycles. The molecule has 1 aromatic carbocycles. The van der Waals surface area contributed by atoms with Crippen molar-refractivity contribution in [1.82, 2.24) is 9.97 Å². The molecule has 2 heterocycles. The molecule has 9 heteroatoms. The van der Waals surface area contributed by atoms with Crippen molar-refractivity contribution in [2.75, 3.05) is 22.2 Å². The number of benzene rings is 1. The molecule has 2 aliphatic rings. The van der Waals surface area contributed by atoms with Gasteiger partial charge in [-0.05, 0) is 38.0 Å². The Morgan fingerprint density at radius 2 is 2.00 bits per heavy atom. The van der Waals surface area contributed by atoms with Crippen LogP contribution in [-0.4, -0.2) is 51.2 Å². The molecule has 0 spiro atoms. The summed E-state index contributed by atoms with van der Waals surface area (Å²) in [6.45, 7) is 1.89. The number of nitrogens with one attached hydrogen (secondary N) is 1. The first-order chi connectivity index (χ1) is 13.9. The van der Waals surface area contributed by atoms with Crippen LogP contribution in [0.2, 0.25) is 0 Å². The molecule has 1 atom stereocenters. The minimum atomic E-state index is -1.12. The van der Waals surface area contributed by atoms with E-state index in [9.17, 15) is 14.7 Å². The van der Waals surface area contributed by atoms with E-state index in [2.05, 4.69) is 20.2 Å². The maximum Gasteiger partial charge on any atom is 0.335 e. The smallest absolute Gasteiger partial charge is 0.335 e. The Morgan fingerprint density at radius 1 is 1.28 bits per heavy atom. The van der Waals surface area contributed by atoms with Crippen LogP contribution in [0.4, 0.5) is 23.1 Å². The number of likely N-dealkylation sites (N-methyl/N-ethyl adjacent to an activating group) is 1. The Labute approximate surface area is 168 Å². The van der Waals surface area contributed by atoms with Crippen molar-refractivity contribution in [3.63, 3.8) is 0 Å². The van der Waals surface area contributed by atoms with E-state index in [1.165, 1.54) is 18.2 Å². The molecule has 1 saturated carbocycles. The fourth-order valence-corrected chi connectivity index (χ4v) is 4.12. The summed E-state index contributed by atoms with van der Waals surface area (Å²) in [6, 6.07) is 3.97. The average Bonchev–Trinajstić information content (AvgIpc) is 3.22. The average molecular weight is 397 g/mol. The van der Waals surface area contributed by atoms with Gasteiger partial charge < -0.3 is 25.3 Å². The van der Waals surface area contributed by atoms with Crippen molar-refractivity contribution in [3.05, 3.63) is 30.0 Å². The lowest BCUT2D eigenvalue weighted by Gasteiger charge is -2.42. The van der Waals surface area contributed by atoms with Crippen molar-refractivity contribution in [1.29, 1.82) is 0 Å². The molecule has 1 aromatic heterocycles. The number of aromatic carboxylic acids is 1. The van der Waals surface area contributed by atoms with E-state index in [0.29, 0.717) is 17.2 Å². The van der Waals surface area contributed by atoms with Crippen molar-refractivity contribution in [3.8, 4) is 5.75 Å². The molecule has 152 valence electrons. The third-order valence-corrected chi connectivity index (χ3v) is 5.67. The molecule has 1 fully saturated rings. The molecular formula is C20H23N5O4. The molecule has 2 aromatic rings. The van der Waals surface area contributed by atoms with Crippen molar-refractivity contribution in [2.24, 2.45) is 0 Å². The summed E-state index contributed by atoms with van der Waals surface area (Å²) in [5.41, 5.74) is 0.937. The van der Waals surface area contributed by atoms with Crippen LogP contribution < -0.4 is 15.1 Å². The number of carboxylic acid groups (broad SMARTS) is 1. The number of anilines is 4. The quantitative estimate of drug-likeness (QED) is 0.674. The van der Waals surface area contributed by atoms with Gasteiger partial charge in [0.05, 0.1) is 17.4 Å². The van der Waals surface area contributed by atoms with Gasteiger partial charge in [-0.3, -0.25) is 4.79 Å². The SMILES string of the molecule is C[C@@H]1C(=O)N(C)c2cnc(Nc3ccc(C(=O)O)cc3O)nc2N1C1CCCC1. The lowest BCUT2D eigenvalue weighted by Crippen LogP contribution is -2.54. The first-order valence-electron chi connectivity index (χ1n) is 9.63. The Morgan fingerprint density at radius 3 is 2.66 bits per heavy atom. The number of aromatic hydroxyl groups is 1. The van der Waals surface area contributed by atoms with Crippen LogP contribution in [0.1, 0.15) is 43.0 Å². The van der Waals surface area contributed by atoms with E-state index < -0.39 is 5.97 Å². The number of phenolic OH excluding ortho intramolecular Hbond substituents is 1. The number of carbonyl (C=O) groups excluding carboxylic acids is 1. The highest BCUT2D eigenvalue weighted by Crippen LogP contribution is 2.39. The van der Waals surface area contributed by atoms with E-state index in [4.69, 9.17) is 5.11 Å². The molecule has 3 N–H and O–H groups in total. The molecule has 1 amide bonds. The van der Waals surface area contributed by atoms with Crippen LogP contribution in [-0.2, 0) is 4.79 Å². The Hall–Kier alpha value is -3.36. The monoisotopic (exact) mass is 397 g/mol. The second kappa shape index (κ2) is 7.23. The largest absolute Gasteiger partial charge is 0.506 e. The van der Waals surface area contributed by atoms with Gasteiger partial charge in [-0.2, -0.15) is 4.98 Å². The maximum absolute atomic E-state index is 12.7. The Kier molecular flexibility index (Phi) is 4.73. The molecule has 29 heavy (non-hydrogen) atoms. The number of rotatable bonds is 4. The normalized spacial score (nSPS) is 19.4. The number of fused-ring (bicyclic) bond motifs is 1. The second-order valence-electron chi connectivity index (χ2n) is 7.48. The van der Waals surface area contributed by atoms with Gasteiger partial charge in [0.15, 0.2) is 5.82 Å². The number of hydrogen-bond acceptors (Lipinski definition) is 7. The molecule has 0 saturated heterocycles. The minimum absolute atomic E-state index is 0.00983. The van der Waals surface area contributed by atoms with E-state index in [0.717, 1.165) is 25.7 Å². The lowest BCUT2D eigenvalue weighted by molar-refractivity contribution is -0.119. The summed E-state index contributed by atoms with van der Waals surface area (Å²) < 4.78 is 0. The van der Waals surface area contributed by atoms with Crippen LogP contribution in [0.3, 0.4) is 0 Å². The fraction of sp³-hybridized carbons (Fsp3) is 0.400. The minimum Gasteiger partial charge on any atom is -0.506 e. The number of amides is 1. The van der Waals surface area contributed by atoms with E-state index >= 15 is 0 Å². The molecular weight excluding hydrogens is 374 g/mol. The number of aromatic nitrogens is 2. The van der Waals surface area contributed by atoms with Crippen molar-refractivity contribution >= 4 is 35.0 Å². The predicted molar refractivity (Wildman–Crippen MR) is 108 cm³/mol. The van der Waals surface area contributed by atoms with Crippen LogP contribution in [0, 0.1) is 0 Å². The topological polar surface area (TPSA) is 119 Å². The van der Waals surface area contributed by atoms with Crippen LogP contribution in [0.5, 0.6) is 5.75 Å². The summed E-state index contributed by atoms with van der Waals surface area (Å²) in [7, 11) is 1.72. The molecule has 0 bridgehead atoms. The van der Waals surface area contributed by atoms with Crippen LogP contribution >= 0.6 is 0 Å². The Balaban J connectivity index is 1.69. The summed E-state index contributed by atoms with van der Waals surface area (Å²) >= 11 is 0. The molecule has 0 radical (unpaired) electrons. The fourth-order valence-electron chi connectivity index (χ4n) is 4.12. The van der Waals surface area contributed by atoms with Gasteiger partial charge in [-0.15, -0.1) is 0 Å².